The van der Waals surface area contributed by atoms with Crippen molar-refractivity contribution in [3.05, 3.63) is 106 Å². The van der Waals surface area contributed by atoms with E-state index in [0.29, 0.717) is 18.5 Å². The molecule has 0 unspecified atom stereocenters. The predicted molar refractivity (Wildman–Crippen MR) is 140 cm³/mol. The molecule has 0 bridgehead atoms. The minimum Gasteiger partial charge on any atom is -0.488 e. The number of nitrogens with zero attached hydrogens (tertiary/aromatic N) is 4. The second kappa shape index (κ2) is 10.6. The number of aromatic carboxylic acids is 1. The molecule has 188 valence electrons. The fourth-order valence-corrected chi connectivity index (χ4v) is 4.63. The number of nitro groups is 1. The molecule has 5 rings (SSSR count). The van der Waals surface area contributed by atoms with Gasteiger partial charge in [0.1, 0.15) is 12.4 Å². The number of carbonyl (C=O) groups is 1. The smallest absolute Gasteiger partial charge is 0.354 e. The summed E-state index contributed by atoms with van der Waals surface area (Å²) in [4.78, 5) is 31.8. The first-order valence-corrected chi connectivity index (χ1v) is 12.0. The summed E-state index contributed by atoms with van der Waals surface area (Å²) in [6.45, 7) is 4.08. The highest BCUT2D eigenvalue weighted by Gasteiger charge is 2.26. The molecule has 9 nitrogen and oxygen atoms in total. The van der Waals surface area contributed by atoms with Crippen LogP contribution in [0.3, 0.4) is 0 Å². The number of hydrogen-bond acceptors (Lipinski definition) is 7. The highest BCUT2D eigenvalue weighted by atomic mass is 16.6. The van der Waals surface area contributed by atoms with Crippen LogP contribution in [0, 0.1) is 10.1 Å². The van der Waals surface area contributed by atoms with Crippen LogP contribution in [0.2, 0.25) is 0 Å². The third kappa shape index (κ3) is 5.36. The Labute approximate surface area is 213 Å². The molecule has 1 saturated heterocycles. The molecule has 1 N–H and O–H groups in total. The van der Waals surface area contributed by atoms with E-state index in [1.54, 1.807) is 6.07 Å². The minimum absolute atomic E-state index is 0.0113. The van der Waals surface area contributed by atoms with Crippen molar-refractivity contribution in [2.24, 2.45) is 0 Å². The number of nitro benzene ring substituents is 1. The minimum atomic E-state index is -1.28. The van der Waals surface area contributed by atoms with Crippen LogP contribution in [-0.4, -0.2) is 52.1 Å². The van der Waals surface area contributed by atoms with Gasteiger partial charge in [0.2, 0.25) is 0 Å². The molecule has 1 aromatic heterocycles. The highest BCUT2D eigenvalue weighted by molar-refractivity contribution is 6.04. The van der Waals surface area contributed by atoms with Crippen molar-refractivity contribution < 1.29 is 19.6 Å². The number of hydrogen-bond donors (Lipinski definition) is 1. The number of carboxylic acids is 1. The van der Waals surface area contributed by atoms with E-state index in [1.807, 2.05) is 48.5 Å². The van der Waals surface area contributed by atoms with E-state index in [4.69, 9.17) is 4.74 Å². The molecule has 0 saturated carbocycles. The Morgan fingerprint density at radius 2 is 1.59 bits per heavy atom. The SMILES string of the molecule is O=C(O)c1cc(OCc2ccccc2)c2c(N3CCN(Cc4ccccc4)CC3)ccc([N+](=O)[O-])c2n1. The van der Waals surface area contributed by atoms with Crippen LogP contribution >= 0.6 is 0 Å². The summed E-state index contributed by atoms with van der Waals surface area (Å²) < 4.78 is 6.10. The van der Waals surface area contributed by atoms with Crippen molar-refractivity contribution in [1.82, 2.24) is 9.88 Å². The van der Waals surface area contributed by atoms with Crippen LogP contribution in [-0.2, 0) is 13.2 Å². The molecular formula is C28H26N4O5. The number of anilines is 1. The molecule has 9 heteroatoms. The number of benzene rings is 3. The number of piperazine rings is 1. The fraction of sp³-hybridized carbons (Fsp3) is 0.214. The van der Waals surface area contributed by atoms with E-state index in [-0.39, 0.29) is 29.3 Å². The van der Waals surface area contributed by atoms with Gasteiger partial charge < -0.3 is 14.7 Å². The number of pyridine rings is 1. The molecule has 1 fully saturated rings. The van der Waals surface area contributed by atoms with Crippen LogP contribution in [0.25, 0.3) is 10.9 Å². The van der Waals surface area contributed by atoms with Gasteiger partial charge in [0.25, 0.3) is 5.69 Å². The fourth-order valence-electron chi connectivity index (χ4n) is 4.63. The van der Waals surface area contributed by atoms with Gasteiger partial charge in [-0.1, -0.05) is 60.7 Å². The van der Waals surface area contributed by atoms with Crippen molar-refractivity contribution in [3.8, 4) is 5.75 Å². The van der Waals surface area contributed by atoms with Gasteiger partial charge in [-0.2, -0.15) is 0 Å². The zero-order chi connectivity index (χ0) is 25.8. The maximum absolute atomic E-state index is 11.8. The molecule has 0 radical (unpaired) electrons. The summed E-state index contributed by atoms with van der Waals surface area (Å²) in [7, 11) is 0. The molecule has 0 spiro atoms. The van der Waals surface area contributed by atoms with Crippen molar-refractivity contribution in [1.29, 1.82) is 0 Å². The summed E-state index contributed by atoms with van der Waals surface area (Å²) in [5.41, 5.74) is 2.34. The van der Waals surface area contributed by atoms with Gasteiger partial charge in [-0.3, -0.25) is 15.0 Å². The van der Waals surface area contributed by atoms with Crippen molar-refractivity contribution >= 4 is 28.2 Å². The normalized spacial score (nSPS) is 14.0. The number of fused-ring (bicyclic) bond motifs is 1. The molecule has 1 aliphatic rings. The number of aromatic nitrogens is 1. The molecule has 4 aromatic rings. The molecule has 0 aliphatic carbocycles. The monoisotopic (exact) mass is 498 g/mol. The standard InChI is InChI=1S/C28H26N4O5/c33-28(34)22-17-25(37-19-21-9-5-2-6-10-21)26-23(11-12-24(32(35)36)27(26)29-22)31-15-13-30(14-16-31)18-20-7-3-1-4-8-20/h1-12,17H,13-16,18-19H2,(H,33,34). The van der Waals surface area contributed by atoms with Crippen LogP contribution in [0.15, 0.2) is 78.9 Å². The lowest BCUT2D eigenvalue weighted by Crippen LogP contribution is -2.46. The van der Waals surface area contributed by atoms with E-state index in [2.05, 4.69) is 26.9 Å². The lowest BCUT2D eigenvalue weighted by Gasteiger charge is -2.36. The average Bonchev–Trinajstić information content (AvgIpc) is 2.92. The van der Waals surface area contributed by atoms with E-state index in [9.17, 15) is 20.0 Å². The Morgan fingerprint density at radius 3 is 2.22 bits per heavy atom. The lowest BCUT2D eigenvalue weighted by atomic mass is 10.1. The zero-order valence-corrected chi connectivity index (χ0v) is 20.1. The third-order valence-corrected chi connectivity index (χ3v) is 6.50. The van der Waals surface area contributed by atoms with Gasteiger partial charge in [-0.15, -0.1) is 0 Å². The summed E-state index contributed by atoms with van der Waals surface area (Å²) >= 11 is 0. The van der Waals surface area contributed by atoms with Gasteiger partial charge in [0.15, 0.2) is 11.2 Å². The number of non-ortho nitro benzene ring substituents is 1. The van der Waals surface area contributed by atoms with Gasteiger partial charge >= 0.3 is 5.97 Å². The summed E-state index contributed by atoms with van der Waals surface area (Å²) in [5, 5.41) is 21.9. The Hall–Kier alpha value is -4.50. The molecule has 37 heavy (non-hydrogen) atoms. The second-order valence-electron chi connectivity index (χ2n) is 8.92. The maximum Gasteiger partial charge on any atom is 0.354 e. The summed E-state index contributed by atoms with van der Waals surface area (Å²) in [5.74, 6) is -1.02. The van der Waals surface area contributed by atoms with Gasteiger partial charge in [-0.05, 0) is 17.2 Å². The Balaban J connectivity index is 1.50. The highest BCUT2D eigenvalue weighted by Crippen LogP contribution is 2.40. The second-order valence-corrected chi connectivity index (χ2v) is 8.92. The topological polar surface area (TPSA) is 109 Å². The molecule has 0 amide bonds. The quantitative estimate of drug-likeness (QED) is 0.274. The van der Waals surface area contributed by atoms with E-state index >= 15 is 0 Å². The third-order valence-electron chi connectivity index (χ3n) is 6.50. The van der Waals surface area contributed by atoms with Crippen LogP contribution < -0.4 is 9.64 Å². The largest absolute Gasteiger partial charge is 0.488 e. The predicted octanol–water partition coefficient (Wildman–Crippen LogP) is 4.74. The number of rotatable bonds is 8. The first-order valence-electron chi connectivity index (χ1n) is 12.0. The average molecular weight is 499 g/mol. The number of ether oxygens (including phenoxy) is 1. The maximum atomic E-state index is 11.8. The van der Waals surface area contributed by atoms with Crippen molar-refractivity contribution in [2.75, 3.05) is 31.1 Å². The van der Waals surface area contributed by atoms with E-state index in [0.717, 1.165) is 30.9 Å². The molecule has 0 atom stereocenters. The molecule has 1 aliphatic heterocycles. The van der Waals surface area contributed by atoms with Crippen LogP contribution in [0.4, 0.5) is 11.4 Å². The van der Waals surface area contributed by atoms with E-state index < -0.39 is 10.9 Å². The molecule has 2 heterocycles. The summed E-state index contributed by atoms with van der Waals surface area (Å²) in [6.07, 6.45) is 0. The van der Waals surface area contributed by atoms with Crippen LogP contribution in [0.1, 0.15) is 21.6 Å². The zero-order valence-electron chi connectivity index (χ0n) is 20.1. The Bertz CT molecular complexity index is 1420. The number of carboxylic acid groups (broad SMARTS) is 1. The Morgan fingerprint density at radius 1 is 0.946 bits per heavy atom. The van der Waals surface area contributed by atoms with Crippen LogP contribution in [0.5, 0.6) is 5.75 Å². The first-order chi connectivity index (χ1) is 18.0. The molecule has 3 aromatic carbocycles. The van der Waals surface area contributed by atoms with Gasteiger partial charge in [0.05, 0.1) is 16.0 Å². The first kappa shape index (κ1) is 24.2. The molecular weight excluding hydrogens is 472 g/mol. The van der Waals surface area contributed by atoms with Gasteiger partial charge in [-0.25, -0.2) is 9.78 Å². The van der Waals surface area contributed by atoms with E-state index in [1.165, 1.54) is 17.7 Å². The van der Waals surface area contributed by atoms with Gasteiger partial charge in [0, 0.05) is 44.9 Å². The lowest BCUT2D eigenvalue weighted by molar-refractivity contribution is -0.383. The Kier molecular flexibility index (Phi) is 6.96. The summed E-state index contributed by atoms with van der Waals surface area (Å²) in [6, 6.07) is 24.2. The van der Waals surface area contributed by atoms with Crippen molar-refractivity contribution in [3.63, 3.8) is 0 Å². The van der Waals surface area contributed by atoms with Crippen molar-refractivity contribution in [2.45, 2.75) is 13.2 Å².